The van der Waals surface area contributed by atoms with Crippen LogP contribution in [0.5, 0.6) is 0 Å². The zero-order valence-corrected chi connectivity index (χ0v) is 14.6. The summed E-state index contributed by atoms with van der Waals surface area (Å²) >= 11 is 0. The Balaban J connectivity index is 3.00. The van der Waals surface area contributed by atoms with Gasteiger partial charge in [0.25, 0.3) is 0 Å². The topological polar surface area (TPSA) is 119 Å². The third-order valence-electron chi connectivity index (χ3n) is 3.38. The Hall–Kier alpha value is -2.57. The molecule has 0 aromatic heterocycles. The fourth-order valence-electron chi connectivity index (χ4n) is 2.31. The highest BCUT2D eigenvalue weighted by Crippen LogP contribution is 2.19. The Morgan fingerprint density at radius 1 is 1.21 bits per heavy atom. The van der Waals surface area contributed by atoms with Gasteiger partial charge in [-0.1, -0.05) is 0 Å². The Morgan fingerprint density at radius 2 is 1.71 bits per heavy atom. The van der Waals surface area contributed by atoms with Crippen molar-refractivity contribution in [1.29, 1.82) is 0 Å². The van der Waals surface area contributed by atoms with Gasteiger partial charge >= 0.3 is 12.1 Å². The highest BCUT2D eigenvalue weighted by Gasteiger charge is 2.25. The molecule has 0 unspecified atom stereocenters. The second kappa shape index (κ2) is 7.33. The molecule has 0 aliphatic rings. The van der Waals surface area contributed by atoms with Crippen LogP contribution < -0.4 is 11.1 Å². The summed E-state index contributed by atoms with van der Waals surface area (Å²) < 4.78 is 5.09. The van der Waals surface area contributed by atoms with Crippen LogP contribution in [0.25, 0.3) is 0 Å². The molecule has 0 radical (unpaired) electrons. The average molecular weight is 336 g/mol. The molecule has 0 aliphatic carbocycles. The number of rotatable bonds is 5. The van der Waals surface area contributed by atoms with E-state index in [1.54, 1.807) is 46.8 Å². The van der Waals surface area contributed by atoms with Crippen molar-refractivity contribution in [1.82, 2.24) is 5.32 Å². The molecule has 0 fully saturated rings. The molecular formula is C17H24N2O5. The maximum atomic E-state index is 11.8. The SMILES string of the molecule is Cc1cc(C(N)=O)cc(C)c1C[C@@H](NC(=O)OC(C)(C)C)C(=O)O. The summed E-state index contributed by atoms with van der Waals surface area (Å²) in [6, 6.07) is 2.07. The molecule has 24 heavy (non-hydrogen) atoms. The van der Waals surface area contributed by atoms with Crippen molar-refractivity contribution in [2.24, 2.45) is 5.73 Å². The summed E-state index contributed by atoms with van der Waals surface area (Å²) in [6.07, 6.45) is -0.718. The number of primary amides is 1. The smallest absolute Gasteiger partial charge is 0.408 e. The zero-order valence-electron chi connectivity index (χ0n) is 14.6. The number of nitrogens with two attached hydrogens (primary N) is 1. The number of aliphatic carboxylic acids is 1. The van der Waals surface area contributed by atoms with Crippen molar-refractivity contribution in [3.8, 4) is 0 Å². The maximum Gasteiger partial charge on any atom is 0.408 e. The van der Waals surface area contributed by atoms with Crippen molar-refractivity contribution >= 4 is 18.0 Å². The first-order valence-corrected chi connectivity index (χ1v) is 7.53. The van der Waals surface area contributed by atoms with Crippen LogP contribution in [0, 0.1) is 13.8 Å². The number of aryl methyl sites for hydroxylation is 2. The molecule has 4 N–H and O–H groups in total. The number of hydrogen-bond donors (Lipinski definition) is 3. The maximum absolute atomic E-state index is 11.8. The highest BCUT2D eigenvalue weighted by molar-refractivity contribution is 5.93. The molecule has 0 heterocycles. The Labute approximate surface area is 141 Å². The Kier molecular flexibility index (Phi) is 5.95. The van der Waals surface area contributed by atoms with Gasteiger partial charge in [-0.05, 0) is 63.4 Å². The van der Waals surface area contributed by atoms with Crippen molar-refractivity contribution in [2.45, 2.75) is 52.7 Å². The van der Waals surface area contributed by atoms with Gasteiger partial charge in [0.05, 0.1) is 0 Å². The quantitative estimate of drug-likeness (QED) is 0.759. The minimum Gasteiger partial charge on any atom is -0.480 e. The van der Waals surface area contributed by atoms with Crippen LogP contribution in [-0.2, 0) is 16.0 Å². The van der Waals surface area contributed by atoms with Crippen molar-refractivity contribution < 1.29 is 24.2 Å². The van der Waals surface area contributed by atoms with Gasteiger partial charge in [0.2, 0.25) is 5.91 Å². The number of carboxylic acid groups (broad SMARTS) is 1. The molecule has 132 valence electrons. The molecule has 7 heteroatoms. The van der Waals surface area contributed by atoms with Crippen LogP contribution in [0.4, 0.5) is 4.79 Å². The van der Waals surface area contributed by atoms with E-state index < -0.39 is 29.6 Å². The van der Waals surface area contributed by atoms with E-state index >= 15 is 0 Å². The average Bonchev–Trinajstić information content (AvgIpc) is 2.38. The van der Waals surface area contributed by atoms with Gasteiger partial charge in [-0.25, -0.2) is 9.59 Å². The molecule has 0 saturated carbocycles. The summed E-state index contributed by atoms with van der Waals surface area (Å²) in [5.74, 6) is -1.71. The molecular weight excluding hydrogens is 312 g/mol. The van der Waals surface area contributed by atoms with Crippen LogP contribution in [0.1, 0.15) is 47.8 Å². The standard InChI is InChI=1S/C17H24N2O5/c1-9-6-11(14(18)20)7-10(2)12(9)8-13(15(21)22)19-16(23)24-17(3,4)5/h6-7,13H,8H2,1-5H3,(H2,18,20)(H,19,23)(H,21,22)/t13-/m1/s1. The van der Waals surface area contributed by atoms with Crippen LogP contribution in [0.2, 0.25) is 0 Å². The number of carbonyl (C=O) groups is 3. The number of alkyl carbamates (subject to hydrolysis) is 1. The van der Waals surface area contributed by atoms with Crippen molar-refractivity contribution in [2.75, 3.05) is 0 Å². The number of ether oxygens (including phenoxy) is 1. The lowest BCUT2D eigenvalue weighted by atomic mass is 9.94. The lowest BCUT2D eigenvalue weighted by Gasteiger charge is -2.23. The monoisotopic (exact) mass is 336 g/mol. The minimum atomic E-state index is -1.17. The van der Waals surface area contributed by atoms with Crippen molar-refractivity contribution in [3.63, 3.8) is 0 Å². The number of hydrogen-bond acceptors (Lipinski definition) is 4. The van der Waals surface area contributed by atoms with E-state index in [9.17, 15) is 19.5 Å². The van der Waals surface area contributed by atoms with E-state index in [-0.39, 0.29) is 6.42 Å². The van der Waals surface area contributed by atoms with E-state index in [0.29, 0.717) is 5.56 Å². The highest BCUT2D eigenvalue weighted by atomic mass is 16.6. The molecule has 0 spiro atoms. The predicted octanol–water partition coefficient (Wildman–Crippen LogP) is 1.92. The predicted molar refractivity (Wildman–Crippen MR) is 88.9 cm³/mol. The molecule has 1 atom stereocenters. The lowest BCUT2D eigenvalue weighted by molar-refractivity contribution is -0.139. The summed E-state index contributed by atoms with van der Waals surface area (Å²) in [7, 11) is 0. The van der Waals surface area contributed by atoms with Gasteiger partial charge in [-0.3, -0.25) is 4.79 Å². The number of nitrogens with one attached hydrogen (secondary N) is 1. The van der Waals surface area contributed by atoms with Crippen LogP contribution in [-0.4, -0.2) is 34.7 Å². The van der Waals surface area contributed by atoms with Crippen LogP contribution in [0.3, 0.4) is 0 Å². The Morgan fingerprint density at radius 3 is 2.08 bits per heavy atom. The van der Waals surface area contributed by atoms with Gasteiger partial charge in [0, 0.05) is 12.0 Å². The number of benzene rings is 1. The van der Waals surface area contributed by atoms with Gasteiger partial charge in [0.1, 0.15) is 11.6 Å². The molecule has 1 aromatic carbocycles. The number of amides is 2. The lowest BCUT2D eigenvalue weighted by Crippen LogP contribution is -2.44. The van der Waals surface area contributed by atoms with E-state index in [1.165, 1.54) is 0 Å². The molecule has 0 bridgehead atoms. The minimum absolute atomic E-state index is 0.0747. The van der Waals surface area contributed by atoms with Gasteiger partial charge in [0.15, 0.2) is 0 Å². The number of carboxylic acids is 1. The molecule has 0 saturated heterocycles. The second-order valence-electron chi connectivity index (χ2n) is 6.69. The van der Waals surface area contributed by atoms with E-state index in [1.807, 2.05) is 0 Å². The van der Waals surface area contributed by atoms with E-state index in [2.05, 4.69) is 5.32 Å². The van der Waals surface area contributed by atoms with Gasteiger partial charge in [-0.15, -0.1) is 0 Å². The van der Waals surface area contributed by atoms with Crippen LogP contribution in [0.15, 0.2) is 12.1 Å². The van der Waals surface area contributed by atoms with E-state index in [4.69, 9.17) is 10.5 Å². The zero-order chi connectivity index (χ0) is 18.7. The fraction of sp³-hybridized carbons (Fsp3) is 0.471. The summed E-state index contributed by atoms with van der Waals surface area (Å²) in [6.45, 7) is 8.61. The molecule has 1 rings (SSSR count). The first-order chi connectivity index (χ1) is 10.9. The Bertz CT molecular complexity index is 638. The number of carbonyl (C=O) groups excluding carboxylic acids is 2. The fourth-order valence-corrected chi connectivity index (χ4v) is 2.31. The summed E-state index contributed by atoms with van der Waals surface area (Å²) in [5, 5.41) is 11.7. The first kappa shape index (κ1) is 19.5. The second-order valence-corrected chi connectivity index (χ2v) is 6.69. The van der Waals surface area contributed by atoms with Crippen molar-refractivity contribution in [3.05, 3.63) is 34.4 Å². The molecule has 2 amide bonds. The third-order valence-corrected chi connectivity index (χ3v) is 3.38. The van der Waals surface area contributed by atoms with E-state index in [0.717, 1.165) is 16.7 Å². The van der Waals surface area contributed by atoms with Crippen LogP contribution >= 0.6 is 0 Å². The molecule has 1 aromatic rings. The summed E-state index contributed by atoms with van der Waals surface area (Å²) in [5.41, 5.74) is 7.12. The summed E-state index contributed by atoms with van der Waals surface area (Å²) in [4.78, 5) is 34.6. The van der Waals surface area contributed by atoms with Gasteiger partial charge < -0.3 is 20.9 Å². The molecule has 7 nitrogen and oxygen atoms in total. The third kappa shape index (κ3) is 5.57. The normalized spacial score (nSPS) is 12.4. The van der Waals surface area contributed by atoms with Gasteiger partial charge in [-0.2, -0.15) is 0 Å². The largest absolute Gasteiger partial charge is 0.480 e. The first-order valence-electron chi connectivity index (χ1n) is 7.53. The molecule has 0 aliphatic heterocycles.